The van der Waals surface area contributed by atoms with Gasteiger partial charge in [-0.3, -0.25) is 4.57 Å². The Hall–Kier alpha value is -1.75. The molecule has 5 heteroatoms. The van der Waals surface area contributed by atoms with Gasteiger partial charge in [-0.2, -0.15) is 0 Å². The van der Waals surface area contributed by atoms with Crippen LogP contribution in [0, 0.1) is 0 Å². The van der Waals surface area contributed by atoms with E-state index in [0.29, 0.717) is 24.1 Å². The van der Waals surface area contributed by atoms with Crippen LogP contribution in [0.2, 0.25) is 0 Å². The van der Waals surface area contributed by atoms with E-state index in [9.17, 15) is 9.90 Å². The third-order valence-electron chi connectivity index (χ3n) is 2.11. The number of nitrogens with one attached hydrogen (secondary N) is 1. The van der Waals surface area contributed by atoms with E-state index in [-0.39, 0.29) is 11.4 Å². The van der Waals surface area contributed by atoms with Gasteiger partial charge in [-0.25, -0.2) is 4.79 Å². The van der Waals surface area contributed by atoms with Crippen LogP contribution in [0.4, 0.5) is 0 Å². The third-order valence-corrected chi connectivity index (χ3v) is 2.11. The molecule has 0 aliphatic heterocycles. The molecule has 0 saturated carbocycles. The molecular formula is C9H11N3O2. The van der Waals surface area contributed by atoms with Crippen LogP contribution in [0.1, 0.15) is 0 Å². The number of aromatic amines is 1. The summed E-state index contributed by atoms with van der Waals surface area (Å²) in [4.78, 5) is 14.1. The number of imidazole rings is 1. The fourth-order valence-corrected chi connectivity index (χ4v) is 1.49. The second-order valence-electron chi connectivity index (χ2n) is 3.07. The zero-order valence-electron chi connectivity index (χ0n) is 7.53. The molecule has 0 bridgehead atoms. The van der Waals surface area contributed by atoms with Gasteiger partial charge in [-0.1, -0.05) is 0 Å². The van der Waals surface area contributed by atoms with E-state index in [1.165, 1.54) is 10.6 Å². The summed E-state index contributed by atoms with van der Waals surface area (Å²) in [7, 11) is 0. The SMILES string of the molecule is NCCn1c(=O)[nH]c2ccc(O)cc21. The molecule has 1 aromatic heterocycles. The molecule has 0 saturated heterocycles. The van der Waals surface area contributed by atoms with Crippen molar-refractivity contribution in [2.75, 3.05) is 6.54 Å². The van der Waals surface area contributed by atoms with E-state index in [4.69, 9.17) is 5.73 Å². The second-order valence-corrected chi connectivity index (χ2v) is 3.07. The van der Waals surface area contributed by atoms with Crippen molar-refractivity contribution >= 4 is 11.0 Å². The molecule has 74 valence electrons. The van der Waals surface area contributed by atoms with E-state index in [0.717, 1.165) is 0 Å². The summed E-state index contributed by atoms with van der Waals surface area (Å²) in [6.07, 6.45) is 0. The maximum atomic E-state index is 11.4. The van der Waals surface area contributed by atoms with Gasteiger partial charge in [0.05, 0.1) is 11.0 Å². The Labute approximate surface area is 79.8 Å². The van der Waals surface area contributed by atoms with E-state index < -0.39 is 0 Å². The smallest absolute Gasteiger partial charge is 0.326 e. The van der Waals surface area contributed by atoms with Gasteiger partial charge in [0, 0.05) is 19.2 Å². The number of hydrogen-bond donors (Lipinski definition) is 3. The van der Waals surface area contributed by atoms with E-state index in [2.05, 4.69) is 4.98 Å². The summed E-state index contributed by atoms with van der Waals surface area (Å²) in [5.41, 5.74) is 6.57. The fraction of sp³-hybridized carbons (Fsp3) is 0.222. The van der Waals surface area contributed by atoms with Crippen molar-refractivity contribution in [1.82, 2.24) is 9.55 Å². The lowest BCUT2D eigenvalue weighted by atomic mass is 10.3. The first-order valence-corrected chi connectivity index (χ1v) is 4.34. The van der Waals surface area contributed by atoms with Crippen molar-refractivity contribution in [3.63, 3.8) is 0 Å². The van der Waals surface area contributed by atoms with Crippen LogP contribution >= 0.6 is 0 Å². The van der Waals surface area contributed by atoms with Gasteiger partial charge in [0.2, 0.25) is 0 Å². The van der Waals surface area contributed by atoms with Crippen molar-refractivity contribution in [2.24, 2.45) is 5.73 Å². The van der Waals surface area contributed by atoms with E-state index in [1.807, 2.05) is 0 Å². The van der Waals surface area contributed by atoms with Crippen molar-refractivity contribution in [1.29, 1.82) is 0 Å². The number of nitrogens with zero attached hydrogens (tertiary/aromatic N) is 1. The molecule has 1 heterocycles. The summed E-state index contributed by atoms with van der Waals surface area (Å²) in [6.45, 7) is 0.838. The summed E-state index contributed by atoms with van der Waals surface area (Å²) in [6, 6.07) is 4.74. The Bertz CT molecular complexity index is 512. The first kappa shape index (κ1) is 8.83. The number of H-pyrrole nitrogens is 1. The van der Waals surface area contributed by atoms with Gasteiger partial charge < -0.3 is 15.8 Å². The minimum Gasteiger partial charge on any atom is -0.508 e. The number of aromatic hydroxyl groups is 1. The first-order valence-electron chi connectivity index (χ1n) is 4.34. The summed E-state index contributed by atoms with van der Waals surface area (Å²) in [5, 5.41) is 9.27. The Kier molecular flexibility index (Phi) is 2.01. The van der Waals surface area contributed by atoms with Gasteiger partial charge in [-0.05, 0) is 12.1 Å². The number of phenolic OH excluding ortho intramolecular Hbond substituents is 1. The number of phenols is 1. The minimum atomic E-state index is -0.198. The zero-order chi connectivity index (χ0) is 10.1. The molecule has 2 aromatic rings. The Balaban J connectivity index is 2.73. The largest absolute Gasteiger partial charge is 0.508 e. The topological polar surface area (TPSA) is 84.0 Å². The quantitative estimate of drug-likeness (QED) is 0.627. The maximum absolute atomic E-state index is 11.4. The first-order chi connectivity index (χ1) is 6.72. The molecule has 0 radical (unpaired) electrons. The van der Waals surface area contributed by atoms with Gasteiger partial charge in [0.15, 0.2) is 0 Å². The monoisotopic (exact) mass is 193 g/mol. The molecule has 0 atom stereocenters. The number of aromatic nitrogens is 2. The Morgan fingerprint density at radius 2 is 2.29 bits per heavy atom. The predicted octanol–water partition coefficient (Wildman–Crippen LogP) is -0.00610. The third kappa shape index (κ3) is 1.27. The second kappa shape index (κ2) is 3.19. The van der Waals surface area contributed by atoms with Gasteiger partial charge >= 0.3 is 5.69 Å². The van der Waals surface area contributed by atoms with Crippen molar-refractivity contribution in [3.05, 3.63) is 28.7 Å². The lowest BCUT2D eigenvalue weighted by Crippen LogP contribution is -2.21. The van der Waals surface area contributed by atoms with Crippen LogP contribution in [-0.4, -0.2) is 21.2 Å². The molecule has 5 nitrogen and oxygen atoms in total. The zero-order valence-corrected chi connectivity index (χ0v) is 7.53. The molecule has 0 unspecified atom stereocenters. The highest BCUT2D eigenvalue weighted by Crippen LogP contribution is 2.16. The standard InChI is InChI=1S/C9H11N3O2/c10-3-4-12-8-5-6(13)1-2-7(8)11-9(12)14/h1-2,5,13H,3-4,10H2,(H,11,14). The van der Waals surface area contributed by atoms with Crippen molar-refractivity contribution in [3.8, 4) is 5.75 Å². The summed E-state index contributed by atoms with van der Waals surface area (Å²) in [5.74, 6) is 0.141. The molecule has 4 N–H and O–H groups in total. The molecular weight excluding hydrogens is 182 g/mol. The van der Waals surface area contributed by atoms with Crippen molar-refractivity contribution < 1.29 is 5.11 Å². The summed E-state index contributed by atoms with van der Waals surface area (Å²) >= 11 is 0. The molecule has 2 rings (SSSR count). The van der Waals surface area contributed by atoms with Crippen LogP contribution in [0.15, 0.2) is 23.0 Å². The van der Waals surface area contributed by atoms with Crippen LogP contribution in [-0.2, 0) is 6.54 Å². The average molecular weight is 193 g/mol. The average Bonchev–Trinajstić information content (AvgIpc) is 2.45. The molecule has 0 aliphatic rings. The lowest BCUT2D eigenvalue weighted by molar-refractivity contribution is 0.476. The molecule has 0 aliphatic carbocycles. The Morgan fingerprint density at radius 1 is 1.50 bits per heavy atom. The number of nitrogens with two attached hydrogens (primary N) is 1. The molecule has 0 spiro atoms. The fourth-order valence-electron chi connectivity index (χ4n) is 1.49. The molecule has 1 aromatic carbocycles. The molecule has 0 amide bonds. The predicted molar refractivity (Wildman–Crippen MR) is 53.3 cm³/mol. The molecule has 0 fully saturated rings. The van der Waals surface area contributed by atoms with Crippen LogP contribution in [0.5, 0.6) is 5.75 Å². The number of rotatable bonds is 2. The lowest BCUT2D eigenvalue weighted by Gasteiger charge is -1.99. The number of fused-ring (bicyclic) bond motifs is 1. The normalized spacial score (nSPS) is 10.9. The van der Waals surface area contributed by atoms with Gasteiger partial charge in [-0.15, -0.1) is 0 Å². The van der Waals surface area contributed by atoms with Crippen LogP contribution < -0.4 is 11.4 Å². The van der Waals surface area contributed by atoms with Crippen molar-refractivity contribution in [2.45, 2.75) is 6.54 Å². The van der Waals surface area contributed by atoms with Gasteiger partial charge in [0.1, 0.15) is 5.75 Å². The number of benzene rings is 1. The van der Waals surface area contributed by atoms with Gasteiger partial charge in [0.25, 0.3) is 0 Å². The highest BCUT2D eigenvalue weighted by Gasteiger charge is 2.05. The highest BCUT2D eigenvalue weighted by atomic mass is 16.3. The van der Waals surface area contributed by atoms with Crippen LogP contribution in [0.3, 0.4) is 0 Å². The number of hydrogen-bond acceptors (Lipinski definition) is 3. The minimum absolute atomic E-state index is 0.141. The van der Waals surface area contributed by atoms with Crippen LogP contribution in [0.25, 0.3) is 11.0 Å². The highest BCUT2D eigenvalue weighted by molar-refractivity contribution is 5.76. The van der Waals surface area contributed by atoms with E-state index >= 15 is 0 Å². The maximum Gasteiger partial charge on any atom is 0.326 e. The Morgan fingerprint density at radius 3 is 3.00 bits per heavy atom. The van der Waals surface area contributed by atoms with E-state index in [1.54, 1.807) is 12.1 Å². The summed E-state index contributed by atoms with van der Waals surface area (Å²) < 4.78 is 1.51. The molecule has 14 heavy (non-hydrogen) atoms.